The maximum atomic E-state index is 14.0. The first-order valence-corrected chi connectivity index (χ1v) is 19.6. The predicted octanol–water partition coefficient (Wildman–Crippen LogP) is 6.85. The van der Waals surface area contributed by atoms with Gasteiger partial charge >= 0.3 is 273 Å². The molecule has 6 rings (SSSR count). The van der Waals surface area contributed by atoms with Crippen molar-refractivity contribution in [1.82, 2.24) is 0 Å². The van der Waals surface area contributed by atoms with Gasteiger partial charge in [0.1, 0.15) is 0 Å². The molecule has 0 unspecified atom stereocenters. The molecule has 0 spiro atoms. The molecule has 224 valence electrons. The monoisotopic (exact) mass is 662 g/mol. The van der Waals surface area contributed by atoms with Crippen LogP contribution in [0.3, 0.4) is 0 Å². The Morgan fingerprint density at radius 1 is 0.333 bits per heavy atom. The molecule has 4 nitrogen and oxygen atoms in total. The van der Waals surface area contributed by atoms with E-state index < -0.39 is 43.2 Å². The average Bonchev–Trinajstić information content (AvgIpc) is 3.12. The van der Waals surface area contributed by atoms with Crippen LogP contribution in [0.5, 0.6) is 0 Å². The topological polar surface area (TPSA) is 52.6 Å². The molecule has 0 saturated heterocycles. The molecule has 0 amide bonds. The van der Waals surface area contributed by atoms with Crippen molar-refractivity contribution in [3.8, 4) is 0 Å². The second kappa shape index (κ2) is 13.8. The van der Waals surface area contributed by atoms with Crippen LogP contribution in [-0.4, -0.2) is 19.5 Å². The van der Waals surface area contributed by atoms with E-state index in [1.807, 2.05) is 109 Å². The van der Waals surface area contributed by atoms with E-state index in [0.717, 1.165) is 33.4 Å². The number of rotatable bonds is 12. The molecule has 0 aromatic heterocycles. The Balaban J connectivity index is 1.40. The molecule has 0 aliphatic carbocycles. The van der Waals surface area contributed by atoms with E-state index in [1.54, 1.807) is 0 Å². The van der Waals surface area contributed by atoms with Crippen molar-refractivity contribution < 1.29 is 28.2 Å². The molecular weight excluding hydrogens is 629 g/mol. The molecule has 0 saturated carbocycles. The molecule has 0 fully saturated rings. The fourth-order valence-corrected chi connectivity index (χ4v) is 13.5. The molecule has 0 N–H and O–H groups in total. The van der Waals surface area contributed by atoms with E-state index in [1.165, 1.54) is 0 Å². The van der Waals surface area contributed by atoms with Crippen LogP contribution in [0.4, 0.5) is 0 Å². The Morgan fingerprint density at radius 3 is 0.689 bits per heavy atom. The number of hydrogen-bond donors (Lipinski definition) is 0. The van der Waals surface area contributed by atoms with Crippen molar-refractivity contribution in [1.29, 1.82) is 0 Å². The summed E-state index contributed by atoms with van der Waals surface area (Å²) >= 11 is -5.32. The summed E-state index contributed by atoms with van der Waals surface area (Å²) in [6, 6.07) is 60.3. The summed E-state index contributed by atoms with van der Waals surface area (Å²) in [5, 5.41) is -1.50. The molecular formula is C38H34CrO4Si2. The van der Waals surface area contributed by atoms with Gasteiger partial charge in [0.05, 0.1) is 0 Å². The third-order valence-electron chi connectivity index (χ3n) is 8.44. The Hall–Kier alpha value is -4.19. The van der Waals surface area contributed by atoms with Gasteiger partial charge < -0.3 is 0 Å². The summed E-state index contributed by atoms with van der Waals surface area (Å²) in [5.41, 5.74) is 5.95. The van der Waals surface area contributed by atoms with Crippen LogP contribution >= 0.6 is 0 Å². The predicted molar refractivity (Wildman–Crippen MR) is 179 cm³/mol. The zero-order chi connectivity index (χ0) is 31.0. The van der Waals surface area contributed by atoms with E-state index >= 15 is 0 Å². The Morgan fingerprint density at radius 2 is 0.511 bits per heavy atom. The van der Waals surface area contributed by atoms with Crippen LogP contribution in [-0.2, 0) is 38.3 Å². The average molecular weight is 663 g/mol. The van der Waals surface area contributed by atoms with Gasteiger partial charge in [-0.25, -0.2) is 0 Å². The van der Waals surface area contributed by atoms with Gasteiger partial charge in [-0.1, -0.05) is 0 Å². The quantitative estimate of drug-likeness (QED) is 0.106. The molecule has 6 aromatic rings. The number of hydrogen-bond acceptors (Lipinski definition) is 4. The first kappa shape index (κ1) is 30.8. The SMILES string of the molecule is [O]=[Cr](=[O])([O][SiH2]C(c1ccccc1)(c1ccccc1)c1ccccc1)[O][SiH2]C(c1ccccc1)(c1ccccc1)c1ccccc1. The van der Waals surface area contributed by atoms with Crippen molar-refractivity contribution in [3.05, 3.63) is 215 Å². The van der Waals surface area contributed by atoms with Crippen LogP contribution in [0.2, 0.25) is 0 Å². The molecule has 0 radical (unpaired) electrons. The second-order valence-electron chi connectivity index (χ2n) is 10.9. The van der Waals surface area contributed by atoms with Gasteiger partial charge in [0.2, 0.25) is 0 Å². The van der Waals surface area contributed by atoms with E-state index in [4.69, 9.17) is 6.96 Å². The van der Waals surface area contributed by atoms with Crippen molar-refractivity contribution in [2.45, 2.75) is 10.1 Å². The van der Waals surface area contributed by atoms with Crippen molar-refractivity contribution in [2.75, 3.05) is 0 Å². The first-order chi connectivity index (χ1) is 22.0. The number of benzene rings is 6. The summed E-state index contributed by atoms with van der Waals surface area (Å²) in [6.45, 7) is 0. The minimum absolute atomic E-state index is 0.748. The van der Waals surface area contributed by atoms with Crippen LogP contribution in [0.15, 0.2) is 182 Å². The summed E-state index contributed by atoms with van der Waals surface area (Å²) in [6.07, 6.45) is 0. The standard InChI is InChI=1S/2C19H17OSi.Cr.2O/c2*20-21-19(16-10-4-1-5-11-16,17-12-6-2-7-13-17)18-14-8-3-9-15-18;;;/h2*1-15H,21H2;;;/q2*-1;+2;;. The zero-order valence-electron chi connectivity index (χ0n) is 24.8. The summed E-state index contributed by atoms with van der Waals surface area (Å²) in [5.74, 6) is 0. The van der Waals surface area contributed by atoms with Gasteiger partial charge in [0.15, 0.2) is 0 Å². The van der Waals surface area contributed by atoms with Gasteiger partial charge in [-0.3, -0.25) is 0 Å². The Bertz CT molecular complexity index is 1560. The summed E-state index contributed by atoms with van der Waals surface area (Å²) < 4.78 is 40.3. The molecule has 0 aliphatic rings. The maximum absolute atomic E-state index is 14.0. The van der Waals surface area contributed by atoms with Crippen LogP contribution in [0, 0.1) is 0 Å². The van der Waals surface area contributed by atoms with Gasteiger partial charge in [0.25, 0.3) is 0 Å². The summed E-state index contributed by atoms with van der Waals surface area (Å²) in [7, 11) is -3.78. The first-order valence-electron chi connectivity index (χ1n) is 14.9. The van der Waals surface area contributed by atoms with Crippen LogP contribution < -0.4 is 0 Å². The fraction of sp³-hybridized carbons (Fsp3) is 0.0526. The normalized spacial score (nSPS) is 12.6. The molecule has 0 aliphatic heterocycles. The molecule has 0 bridgehead atoms. The van der Waals surface area contributed by atoms with Gasteiger partial charge in [-0.05, 0) is 0 Å². The Kier molecular flexibility index (Phi) is 9.48. The van der Waals surface area contributed by atoms with E-state index in [2.05, 4.69) is 72.8 Å². The molecule has 0 heterocycles. The van der Waals surface area contributed by atoms with Crippen LogP contribution in [0.1, 0.15) is 33.4 Å². The van der Waals surface area contributed by atoms with E-state index in [-0.39, 0.29) is 0 Å². The van der Waals surface area contributed by atoms with Gasteiger partial charge in [-0.15, -0.1) is 0 Å². The fourth-order valence-electron chi connectivity index (χ4n) is 6.19. The molecule has 6 aromatic carbocycles. The second-order valence-corrected chi connectivity index (χ2v) is 17.6. The molecule has 45 heavy (non-hydrogen) atoms. The van der Waals surface area contributed by atoms with Crippen molar-refractivity contribution in [2.24, 2.45) is 0 Å². The van der Waals surface area contributed by atoms with E-state index in [0.29, 0.717) is 0 Å². The van der Waals surface area contributed by atoms with Gasteiger partial charge in [-0.2, -0.15) is 0 Å². The Labute approximate surface area is 272 Å². The zero-order valence-corrected chi connectivity index (χ0v) is 28.9. The van der Waals surface area contributed by atoms with Crippen molar-refractivity contribution in [3.63, 3.8) is 0 Å². The molecule has 7 heteroatoms. The van der Waals surface area contributed by atoms with Crippen LogP contribution in [0.25, 0.3) is 0 Å². The van der Waals surface area contributed by atoms with Gasteiger partial charge in [0, 0.05) is 0 Å². The third-order valence-corrected chi connectivity index (χ3v) is 16.4. The third kappa shape index (κ3) is 6.47. The molecule has 0 atom stereocenters. The van der Waals surface area contributed by atoms with Crippen molar-refractivity contribution >= 4 is 19.5 Å². The van der Waals surface area contributed by atoms with E-state index in [9.17, 15) is 7.61 Å². The minimum atomic E-state index is -5.32. The summed E-state index contributed by atoms with van der Waals surface area (Å²) in [4.78, 5) is 0.